The van der Waals surface area contributed by atoms with Crippen molar-refractivity contribution in [2.24, 2.45) is 0 Å². The van der Waals surface area contributed by atoms with Crippen molar-refractivity contribution in [3.8, 4) is 0 Å². The molecule has 1 saturated heterocycles. The van der Waals surface area contributed by atoms with Gasteiger partial charge in [-0.05, 0) is 13.5 Å². The highest BCUT2D eigenvalue weighted by Gasteiger charge is 2.23. The fourth-order valence-electron chi connectivity index (χ4n) is 1.30. The molecule has 1 rings (SSSR count). The van der Waals surface area contributed by atoms with Crippen LogP contribution in [0, 0.1) is 0 Å². The third kappa shape index (κ3) is 1.68. The predicted octanol–water partition coefficient (Wildman–Crippen LogP) is 0.0454. The van der Waals surface area contributed by atoms with Crippen molar-refractivity contribution in [3.05, 3.63) is 0 Å². The van der Waals surface area contributed by atoms with Crippen LogP contribution in [0.5, 0.6) is 0 Å². The molecule has 0 aromatic heterocycles. The summed E-state index contributed by atoms with van der Waals surface area (Å²) in [4.78, 5) is 2.12. The molecule has 0 spiro atoms. The van der Waals surface area contributed by atoms with Crippen LogP contribution in [-0.4, -0.2) is 43.0 Å². The van der Waals surface area contributed by atoms with Gasteiger partial charge in [-0.1, -0.05) is 0 Å². The second kappa shape index (κ2) is 3.32. The van der Waals surface area contributed by atoms with Crippen LogP contribution in [0.2, 0.25) is 0 Å². The molecule has 1 aliphatic rings. The van der Waals surface area contributed by atoms with Crippen LogP contribution in [0.4, 0.5) is 0 Å². The van der Waals surface area contributed by atoms with E-state index in [1.54, 1.807) is 7.11 Å². The largest absolute Gasteiger partial charge is 0.393 e. The number of likely N-dealkylation sites (tertiary alicyclic amines) is 1. The highest BCUT2D eigenvalue weighted by molar-refractivity contribution is 4.72. The minimum absolute atomic E-state index is 0.115. The van der Waals surface area contributed by atoms with Crippen molar-refractivity contribution in [1.29, 1.82) is 0 Å². The molecule has 10 heavy (non-hydrogen) atoms. The van der Waals surface area contributed by atoms with E-state index >= 15 is 0 Å². The normalized spacial score (nSPS) is 36.3. The Morgan fingerprint density at radius 2 is 2.30 bits per heavy atom. The number of rotatable bonds is 1. The average molecular weight is 145 g/mol. The minimum Gasteiger partial charge on any atom is -0.393 e. The molecule has 0 aromatic carbocycles. The van der Waals surface area contributed by atoms with Gasteiger partial charge in [0.25, 0.3) is 0 Å². The lowest BCUT2D eigenvalue weighted by Crippen LogP contribution is -2.42. The molecule has 3 heteroatoms. The van der Waals surface area contributed by atoms with E-state index in [2.05, 4.69) is 4.90 Å². The lowest BCUT2D eigenvalue weighted by Gasteiger charge is -2.33. The summed E-state index contributed by atoms with van der Waals surface area (Å²) in [6, 6.07) is 0. The van der Waals surface area contributed by atoms with Gasteiger partial charge in [0.2, 0.25) is 0 Å². The zero-order valence-corrected chi connectivity index (χ0v) is 6.58. The van der Waals surface area contributed by atoms with Gasteiger partial charge in [-0.15, -0.1) is 0 Å². The SMILES string of the molecule is COC1CC(O)CCN1C. The molecule has 0 bridgehead atoms. The monoisotopic (exact) mass is 145 g/mol. The van der Waals surface area contributed by atoms with Crippen molar-refractivity contribution >= 4 is 0 Å². The fourth-order valence-corrected chi connectivity index (χ4v) is 1.30. The van der Waals surface area contributed by atoms with Crippen molar-refractivity contribution in [2.45, 2.75) is 25.2 Å². The number of nitrogens with zero attached hydrogens (tertiary/aromatic N) is 1. The number of methoxy groups -OCH3 is 1. The Morgan fingerprint density at radius 3 is 2.80 bits per heavy atom. The van der Waals surface area contributed by atoms with E-state index in [0.29, 0.717) is 0 Å². The molecule has 0 saturated carbocycles. The zero-order chi connectivity index (χ0) is 7.56. The van der Waals surface area contributed by atoms with Gasteiger partial charge in [0, 0.05) is 20.1 Å². The van der Waals surface area contributed by atoms with Crippen LogP contribution in [-0.2, 0) is 4.74 Å². The highest BCUT2D eigenvalue weighted by Crippen LogP contribution is 2.15. The minimum atomic E-state index is -0.166. The van der Waals surface area contributed by atoms with Gasteiger partial charge in [0.05, 0.1) is 6.10 Å². The van der Waals surface area contributed by atoms with Gasteiger partial charge >= 0.3 is 0 Å². The summed E-state index contributed by atoms with van der Waals surface area (Å²) in [6.45, 7) is 0.930. The molecular weight excluding hydrogens is 130 g/mol. The smallest absolute Gasteiger partial charge is 0.112 e. The molecule has 0 amide bonds. The lowest BCUT2D eigenvalue weighted by atomic mass is 10.1. The Hall–Kier alpha value is -0.120. The zero-order valence-electron chi connectivity index (χ0n) is 6.58. The van der Waals surface area contributed by atoms with Crippen LogP contribution in [0.1, 0.15) is 12.8 Å². The number of aliphatic hydroxyl groups is 1. The van der Waals surface area contributed by atoms with Crippen LogP contribution in [0.3, 0.4) is 0 Å². The number of hydrogen-bond donors (Lipinski definition) is 1. The van der Waals surface area contributed by atoms with Crippen LogP contribution >= 0.6 is 0 Å². The Kier molecular flexibility index (Phi) is 2.65. The van der Waals surface area contributed by atoms with Gasteiger partial charge in [-0.25, -0.2) is 0 Å². The van der Waals surface area contributed by atoms with E-state index in [1.165, 1.54) is 0 Å². The summed E-state index contributed by atoms with van der Waals surface area (Å²) < 4.78 is 5.14. The first-order valence-corrected chi connectivity index (χ1v) is 3.65. The molecular formula is C7H15NO2. The van der Waals surface area contributed by atoms with Gasteiger partial charge in [0.1, 0.15) is 6.23 Å². The Labute approximate surface area is 61.6 Å². The maximum Gasteiger partial charge on any atom is 0.112 e. The molecule has 1 heterocycles. The lowest BCUT2D eigenvalue weighted by molar-refractivity contribution is -0.0780. The number of ether oxygens (including phenoxy) is 1. The molecule has 3 nitrogen and oxygen atoms in total. The van der Waals surface area contributed by atoms with Crippen LogP contribution in [0.25, 0.3) is 0 Å². The van der Waals surface area contributed by atoms with Crippen LogP contribution in [0.15, 0.2) is 0 Å². The van der Waals surface area contributed by atoms with E-state index in [0.717, 1.165) is 19.4 Å². The second-order valence-corrected chi connectivity index (χ2v) is 2.85. The number of aliphatic hydroxyl groups excluding tert-OH is 1. The van der Waals surface area contributed by atoms with Crippen molar-refractivity contribution in [2.75, 3.05) is 20.7 Å². The molecule has 60 valence electrons. The summed E-state index contributed by atoms with van der Waals surface area (Å²) in [5, 5.41) is 9.22. The van der Waals surface area contributed by atoms with E-state index in [4.69, 9.17) is 4.74 Å². The Balaban J connectivity index is 2.38. The van der Waals surface area contributed by atoms with E-state index in [-0.39, 0.29) is 12.3 Å². The average Bonchev–Trinajstić information content (AvgIpc) is 1.94. The molecule has 2 unspecified atom stereocenters. The van der Waals surface area contributed by atoms with E-state index < -0.39 is 0 Å². The number of piperidine rings is 1. The topological polar surface area (TPSA) is 32.7 Å². The molecule has 1 aliphatic heterocycles. The molecule has 0 aliphatic carbocycles. The first kappa shape index (κ1) is 7.98. The highest BCUT2D eigenvalue weighted by atomic mass is 16.5. The van der Waals surface area contributed by atoms with E-state index in [1.807, 2.05) is 7.05 Å². The first-order chi connectivity index (χ1) is 4.74. The maximum absolute atomic E-state index is 9.22. The van der Waals surface area contributed by atoms with Crippen LogP contribution < -0.4 is 0 Å². The molecule has 1 fully saturated rings. The molecule has 0 radical (unpaired) electrons. The van der Waals surface area contributed by atoms with Gasteiger partial charge in [0.15, 0.2) is 0 Å². The summed E-state index contributed by atoms with van der Waals surface area (Å²) in [6.07, 6.45) is 1.56. The van der Waals surface area contributed by atoms with Gasteiger partial charge in [-0.3, -0.25) is 4.90 Å². The standard InChI is InChI=1S/C7H15NO2/c1-8-4-3-6(9)5-7(8)10-2/h6-7,9H,3-5H2,1-2H3. The maximum atomic E-state index is 9.22. The summed E-state index contributed by atoms with van der Waals surface area (Å²) in [7, 11) is 3.69. The summed E-state index contributed by atoms with van der Waals surface area (Å²) in [5.41, 5.74) is 0. The van der Waals surface area contributed by atoms with Crippen molar-refractivity contribution < 1.29 is 9.84 Å². The van der Waals surface area contributed by atoms with Crippen molar-refractivity contribution in [3.63, 3.8) is 0 Å². The summed E-state index contributed by atoms with van der Waals surface area (Å²) >= 11 is 0. The fraction of sp³-hybridized carbons (Fsp3) is 1.00. The van der Waals surface area contributed by atoms with Gasteiger partial charge < -0.3 is 9.84 Å². The molecule has 2 atom stereocenters. The predicted molar refractivity (Wildman–Crippen MR) is 38.7 cm³/mol. The summed E-state index contributed by atoms with van der Waals surface area (Å²) in [5.74, 6) is 0. The number of hydrogen-bond acceptors (Lipinski definition) is 3. The third-order valence-corrected chi connectivity index (χ3v) is 2.05. The van der Waals surface area contributed by atoms with Crippen molar-refractivity contribution in [1.82, 2.24) is 4.90 Å². The van der Waals surface area contributed by atoms with E-state index in [9.17, 15) is 5.11 Å². The molecule has 1 N–H and O–H groups in total. The Morgan fingerprint density at radius 1 is 1.60 bits per heavy atom. The third-order valence-electron chi connectivity index (χ3n) is 2.05. The second-order valence-electron chi connectivity index (χ2n) is 2.85. The quantitative estimate of drug-likeness (QED) is 0.565. The first-order valence-electron chi connectivity index (χ1n) is 3.65. The molecule has 0 aromatic rings. The van der Waals surface area contributed by atoms with Gasteiger partial charge in [-0.2, -0.15) is 0 Å². The Bertz CT molecular complexity index is 108.